The average Bonchev–Trinajstić information content (AvgIpc) is 2.84. The molecule has 6 heteroatoms. The Morgan fingerprint density at radius 2 is 1.20 bits per heavy atom. The number of benzene rings is 2. The van der Waals surface area contributed by atoms with Gasteiger partial charge in [0, 0.05) is 30.0 Å². The fraction of sp³-hybridized carbons (Fsp3) is 0.588. The Kier molecular flexibility index (Phi) is 7.92. The van der Waals surface area contributed by atoms with Crippen molar-refractivity contribution in [3.8, 4) is 0 Å². The van der Waals surface area contributed by atoms with E-state index in [1.165, 1.54) is 22.3 Å². The van der Waals surface area contributed by atoms with Gasteiger partial charge >= 0.3 is 6.03 Å². The maximum absolute atomic E-state index is 13.9. The fourth-order valence-corrected chi connectivity index (χ4v) is 6.51. The van der Waals surface area contributed by atoms with Crippen molar-refractivity contribution in [3.05, 3.63) is 58.1 Å². The molecule has 0 aromatic heterocycles. The molecule has 3 N–H and O–H groups in total. The number of fused-ring (bicyclic) bond motifs is 2. The summed E-state index contributed by atoms with van der Waals surface area (Å²) in [5.41, 5.74) is 7.59. The van der Waals surface area contributed by atoms with Crippen LogP contribution in [0.4, 0.5) is 16.2 Å². The number of anilines is 2. The lowest BCUT2D eigenvalue weighted by Crippen LogP contribution is -2.41. The van der Waals surface area contributed by atoms with Gasteiger partial charge in [0.05, 0.1) is 0 Å². The third-order valence-electron chi connectivity index (χ3n) is 9.38. The van der Waals surface area contributed by atoms with Crippen molar-refractivity contribution in [2.24, 2.45) is 0 Å². The van der Waals surface area contributed by atoms with Crippen molar-refractivity contribution >= 4 is 23.3 Å². The zero-order valence-electron chi connectivity index (χ0n) is 26.4. The van der Waals surface area contributed by atoms with Gasteiger partial charge in [-0.25, -0.2) is 4.79 Å². The van der Waals surface area contributed by atoms with Gasteiger partial charge in [-0.05, 0) is 108 Å². The van der Waals surface area contributed by atoms with E-state index in [1.54, 1.807) is 24.3 Å². The van der Waals surface area contributed by atoms with E-state index in [-0.39, 0.29) is 33.6 Å². The van der Waals surface area contributed by atoms with E-state index in [0.717, 1.165) is 37.9 Å². The molecule has 0 unspecified atom stereocenters. The number of carbonyl (C=O) groups is 2. The Bertz CT molecular complexity index is 1230. The lowest BCUT2D eigenvalue weighted by atomic mass is 9.56. The van der Waals surface area contributed by atoms with E-state index in [2.05, 4.69) is 77.4 Å². The highest BCUT2D eigenvalue weighted by Gasteiger charge is 2.46. The number of carbonyl (C=O) groups excluding carboxylic acids is 2. The van der Waals surface area contributed by atoms with Crippen LogP contribution in [0.25, 0.3) is 0 Å². The summed E-state index contributed by atoms with van der Waals surface area (Å²) in [5.74, 6) is -0.115. The third kappa shape index (κ3) is 5.93. The molecular formula is C34H50N4O2. The molecule has 0 fully saturated rings. The molecular weight excluding hydrogens is 496 g/mol. The molecule has 0 saturated heterocycles. The molecule has 2 aliphatic rings. The van der Waals surface area contributed by atoms with Crippen molar-refractivity contribution in [2.75, 3.05) is 37.8 Å². The molecule has 4 rings (SSSR count). The zero-order valence-corrected chi connectivity index (χ0v) is 26.4. The van der Waals surface area contributed by atoms with E-state index in [9.17, 15) is 9.59 Å². The molecule has 0 heterocycles. The van der Waals surface area contributed by atoms with E-state index in [1.807, 2.05) is 19.0 Å². The molecule has 6 nitrogen and oxygen atoms in total. The van der Waals surface area contributed by atoms with E-state index in [4.69, 9.17) is 0 Å². The molecule has 3 amide bonds. The summed E-state index contributed by atoms with van der Waals surface area (Å²) in [7, 11) is 3.93. The maximum Gasteiger partial charge on any atom is 0.319 e. The van der Waals surface area contributed by atoms with Crippen LogP contribution < -0.4 is 16.0 Å². The first-order chi connectivity index (χ1) is 18.4. The Hall–Kier alpha value is -2.86. The van der Waals surface area contributed by atoms with Crippen molar-refractivity contribution in [1.29, 1.82) is 0 Å². The van der Waals surface area contributed by atoms with Gasteiger partial charge in [0.25, 0.3) is 5.91 Å². The Labute approximate surface area is 241 Å². The second kappa shape index (κ2) is 10.5. The van der Waals surface area contributed by atoms with Gasteiger partial charge in [-0.15, -0.1) is 0 Å². The minimum absolute atomic E-state index is 0.0392. The standard InChI is InChI=1S/C34H50N4O2/c1-31(2)15-17-33(5,6)26-24(31)21-25-27(34(7,8)18-16-32(25,3)4)28(26)37-29(39)22-11-13-23(14-12-22)36-30(40)35-19-20-38(9)10/h11-14,21H,15-20H2,1-10H3,(H,37,39)(H2,35,36,40). The first kappa shape index (κ1) is 30.1. The smallest absolute Gasteiger partial charge is 0.319 e. The summed E-state index contributed by atoms with van der Waals surface area (Å²) in [6, 6.07) is 9.39. The minimum atomic E-state index is -0.253. The molecule has 2 aliphatic carbocycles. The molecule has 0 atom stereocenters. The van der Waals surface area contributed by atoms with Crippen LogP contribution in [0.5, 0.6) is 0 Å². The molecule has 0 aliphatic heterocycles. The normalized spacial score (nSPS) is 19.8. The second-order valence-electron chi connectivity index (χ2n) is 14.8. The van der Waals surface area contributed by atoms with Crippen molar-refractivity contribution in [2.45, 2.75) is 103 Å². The first-order valence-corrected chi connectivity index (χ1v) is 14.8. The van der Waals surface area contributed by atoms with Gasteiger partial charge in [0.2, 0.25) is 0 Å². The fourth-order valence-electron chi connectivity index (χ4n) is 6.51. The molecule has 2 aromatic rings. The number of nitrogens with one attached hydrogen (secondary N) is 3. The molecule has 0 saturated carbocycles. The van der Waals surface area contributed by atoms with Crippen LogP contribution in [0.15, 0.2) is 30.3 Å². The highest BCUT2D eigenvalue weighted by Crippen LogP contribution is 2.56. The van der Waals surface area contributed by atoms with Crippen LogP contribution in [0.2, 0.25) is 0 Å². The number of urea groups is 1. The lowest BCUT2D eigenvalue weighted by Gasteiger charge is -2.49. The number of hydrogen-bond donors (Lipinski definition) is 3. The van der Waals surface area contributed by atoms with Crippen LogP contribution in [0.3, 0.4) is 0 Å². The van der Waals surface area contributed by atoms with Crippen LogP contribution in [0.1, 0.15) is 114 Å². The Morgan fingerprint density at radius 3 is 1.68 bits per heavy atom. The molecule has 0 spiro atoms. The summed E-state index contributed by atoms with van der Waals surface area (Å²) < 4.78 is 0. The molecule has 2 aromatic carbocycles. The highest BCUT2D eigenvalue weighted by atomic mass is 16.2. The Balaban J connectivity index is 1.71. The van der Waals surface area contributed by atoms with E-state index in [0.29, 0.717) is 17.8 Å². The number of rotatable bonds is 6. The number of hydrogen-bond acceptors (Lipinski definition) is 3. The molecule has 40 heavy (non-hydrogen) atoms. The van der Waals surface area contributed by atoms with E-state index >= 15 is 0 Å². The SMILES string of the molecule is CN(C)CCNC(=O)Nc1ccc(C(=O)Nc2c3c(cc4c2C(C)(C)CCC4(C)C)C(C)(C)CCC3(C)C)cc1. The summed E-state index contributed by atoms with van der Waals surface area (Å²) >= 11 is 0. The van der Waals surface area contributed by atoms with Gasteiger partial charge in [-0.2, -0.15) is 0 Å². The number of nitrogens with zero attached hydrogens (tertiary/aromatic N) is 1. The summed E-state index contributed by atoms with van der Waals surface area (Å²) in [6.45, 7) is 20.0. The van der Waals surface area contributed by atoms with Crippen LogP contribution in [-0.2, 0) is 21.7 Å². The summed E-state index contributed by atoms with van der Waals surface area (Å²) in [5, 5.41) is 9.16. The number of amides is 3. The van der Waals surface area contributed by atoms with Gasteiger partial charge in [0.15, 0.2) is 0 Å². The average molecular weight is 547 g/mol. The second-order valence-corrected chi connectivity index (χ2v) is 14.8. The number of likely N-dealkylation sites (N-methyl/N-ethyl adjacent to an activating group) is 1. The van der Waals surface area contributed by atoms with Crippen molar-refractivity contribution < 1.29 is 9.59 Å². The first-order valence-electron chi connectivity index (χ1n) is 14.8. The zero-order chi connectivity index (χ0) is 29.7. The van der Waals surface area contributed by atoms with Crippen LogP contribution in [-0.4, -0.2) is 44.0 Å². The summed E-state index contributed by atoms with van der Waals surface area (Å²) in [6.07, 6.45) is 4.41. The topological polar surface area (TPSA) is 73.5 Å². The quantitative estimate of drug-likeness (QED) is 0.355. The highest BCUT2D eigenvalue weighted by molar-refractivity contribution is 6.06. The van der Waals surface area contributed by atoms with Gasteiger partial charge in [0.1, 0.15) is 0 Å². The Morgan fingerprint density at radius 1 is 0.725 bits per heavy atom. The summed E-state index contributed by atoms with van der Waals surface area (Å²) in [4.78, 5) is 28.1. The predicted molar refractivity (Wildman–Crippen MR) is 167 cm³/mol. The van der Waals surface area contributed by atoms with Crippen LogP contribution >= 0.6 is 0 Å². The van der Waals surface area contributed by atoms with E-state index < -0.39 is 0 Å². The van der Waals surface area contributed by atoms with Crippen molar-refractivity contribution in [3.63, 3.8) is 0 Å². The van der Waals surface area contributed by atoms with Gasteiger partial charge in [-0.3, -0.25) is 4.79 Å². The maximum atomic E-state index is 13.9. The largest absolute Gasteiger partial charge is 0.337 e. The lowest BCUT2D eigenvalue weighted by molar-refractivity contribution is 0.102. The van der Waals surface area contributed by atoms with Crippen molar-refractivity contribution in [1.82, 2.24) is 10.2 Å². The minimum Gasteiger partial charge on any atom is -0.337 e. The third-order valence-corrected chi connectivity index (χ3v) is 9.38. The predicted octanol–water partition coefficient (Wildman–Crippen LogP) is 7.32. The van der Waals surface area contributed by atoms with Gasteiger partial charge in [-0.1, -0.05) is 61.5 Å². The monoisotopic (exact) mass is 546 g/mol. The molecule has 0 bridgehead atoms. The van der Waals surface area contributed by atoms with Gasteiger partial charge < -0.3 is 20.9 Å². The van der Waals surface area contributed by atoms with Crippen LogP contribution in [0, 0.1) is 0 Å². The molecule has 0 radical (unpaired) electrons. The molecule has 218 valence electrons.